The second-order valence-corrected chi connectivity index (χ2v) is 7.37. The van der Waals surface area contributed by atoms with E-state index in [1.807, 2.05) is 29.2 Å². The maximum atomic E-state index is 13.2. The molecule has 27 heavy (non-hydrogen) atoms. The Bertz CT molecular complexity index is 1070. The van der Waals surface area contributed by atoms with Crippen LogP contribution in [0.5, 0.6) is 0 Å². The zero-order valence-electron chi connectivity index (χ0n) is 14.7. The van der Waals surface area contributed by atoms with Crippen LogP contribution in [0.15, 0.2) is 42.7 Å². The Morgan fingerprint density at radius 1 is 1.15 bits per heavy atom. The SMILES string of the molecule is O=C(O)c1ccc2c(c1)CC1[C@@H]2CCCN1C(=O)c1ccc2nc[nH]c2c1. The molecule has 1 amide bonds. The normalized spacial score (nSPS) is 21.1. The Morgan fingerprint density at radius 3 is 2.85 bits per heavy atom. The first-order chi connectivity index (χ1) is 13.1. The molecular formula is C21H19N3O3. The fourth-order valence-corrected chi connectivity index (χ4v) is 4.66. The van der Waals surface area contributed by atoms with E-state index in [4.69, 9.17) is 0 Å². The molecule has 6 nitrogen and oxygen atoms in total. The molecule has 2 heterocycles. The summed E-state index contributed by atoms with van der Waals surface area (Å²) < 4.78 is 0. The summed E-state index contributed by atoms with van der Waals surface area (Å²) in [4.78, 5) is 33.8. The number of nitrogens with zero attached hydrogens (tertiary/aromatic N) is 2. The van der Waals surface area contributed by atoms with Crippen molar-refractivity contribution in [1.82, 2.24) is 14.9 Å². The second-order valence-electron chi connectivity index (χ2n) is 7.37. The third kappa shape index (κ3) is 2.51. The summed E-state index contributed by atoms with van der Waals surface area (Å²) in [5.41, 5.74) is 4.94. The van der Waals surface area contributed by atoms with E-state index in [1.165, 1.54) is 5.56 Å². The summed E-state index contributed by atoms with van der Waals surface area (Å²) in [7, 11) is 0. The number of fused-ring (bicyclic) bond motifs is 4. The lowest BCUT2D eigenvalue weighted by atomic mass is 9.88. The Labute approximate surface area is 155 Å². The zero-order valence-corrected chi connectivity index (χ0v) is 14.7. The third-order valence-electron chi connectivity index (χ3n) is 5.93. The summed E-state index contributed by atoms with van der Waals surface area (Å²) in [6.07, 6.45) is 4.34. The number of nitrogens with one attached hydrogen (secondary N) is 1. The van der Waals surface area contributed by atoms with Crippen molar-refractivity contribution in [1.29, 1.82) is 0 Å². The van der Waals surface area contributed by atoms with Crippen molar-refractivity contribution in [3.63, 3.8) is 0 Å². The standard InChI is InChI=1S/C21H19N3O3/c25-20(12-4-6-17-18(9-12)23-11-22-17)24-7-1-2-16-15-5-3-13(21(26)27)8-14(15)10-19(16)24/h3-6,8-9,11,16,19H,1-2,7,10H2,(H,22,23)(H,26,27)/t16-,19?/m1/s1. The highest BCUT2D eigenvalue weighted by molar-refractivity contribution is 5.97. The van der Waals surface area contributed by atoms with E-state index in [9.17, 15) is 14.7 Å². The number of hydrogen-bond donors (Lipinski definition) is 2. The number of hydrogen-bond acceptors (Lipinski definition) is 3. The lowest BCUT2D eigenvalue weighted by molar-refractivity contribution is 0.0594. The van der Waals surface area contributed by atoms with E-state index in [0.29, 0.717) is 11.1 Å². The minimum Gasteiger partial charge on any atom is -0.478 e. The predicted molar refractivity (Wildman–Crippen MR) is 100.0 cm³/mol. The number of likely N-dealkylation sites (tertiary alicyclic amines) is 1. The molecule has 6 heteroatoms. The van der Waals surface area contributed by atoms with Gasteiger partial charge in [-0.05, 0) is 60.7 Å². The molecule has 2 aliphatic rings. The van der Waals surface area contributed by atoms with Crippen LogP contribution in [0.3, 0.4) is 0 Å². The first-order valence-corrected chi connectivity index (χ1v) is 9.22. The predicted octanol–water partition coefficient (Wildman–Crippen LogP) is 3.21. The number of carbonyl (C=O) groups excluding carboxylic acids is 1. The van der Waals surface area contributed by atoms with Crippen LogP contribution in [-0.2, 0) is 6.42 Å². The van der Waals surface area contributed by atoms with Crippen LogP contribution in [0.4, 0.5) is 0 Å². The maximum Gasteiger partial charge on any atom is 0.335 e. The van der Waals surface area contributed by atoms with E-state index in [0.717, 1.165) is 42.4 Å². The summed E-state index contributed by atoms with van der Waals surface area (Å²) in [6.45, 7) is 0.737. The van der Waals surface area contributed by atoms with Crippen LogP contribution in [0.1, 0.15) is 50.6 Å². The molecule has 1 aliphatic carbocycles. The van der Waals surface area contributed by atoms with Crippen LogP contribution in [0.25, 0.3) is 11.0 Å². The number of carboxylic acids is 1. The van der Waals surface area contributed by atoms with Crippen molar-refractivity contribution < 1.29 is 14.7 Å². The van der Waals surface area contributed by atoms with Crippen molar-refractivity contribution >= 4 is 22.9 Å². The molecule has 0 radical (unpaired) electrons. The molecule has 1 saturated heterocycles. The molecule has 5 rings (SSSR count). The Morgan fingerprint density at radius 2 is 2.00 bits per heavy atom. The fraction of sp³-hybridized carbons (Fsp3) is 0.286. The number of imidazole rings is 1. The molecule has 0 bridgehead atoms. The molecule has 0 spiro atoms. The van der Waals surface area contributed by atoms with E-state index < -0.39 is 5.97 Å². The van der Waals surface area contributed by atoms with Gasteiger partial charge >= 0.3 is 5.97 Å². The maximum absolute atomic E-state index is 13.2. The molecule has 3 aromatic rings. The molecular weight excluding hydrogens is 342 g/mol. The Kier molecular flexibility index (Phi) is 3.53. The number of carbonyl (C=O) groups is 2. The highest BCUT2D eigenvalue weighted by Crippen LogP contribution is 2.42. The number of H-pyrrole nitrogens is 1. The van der Waals surface area contributed by atoms with Crippen molar-refractivity contribution in [2.75, 3.05) is 6.54 Å². The van der Waals surface area contributed by atoms with E-state index in [2.05, 4.69) is 9.97 Å². The van der Waals surface area contributed by atoms with Crippen LogP contribution in [0.2, 0.25) is 0 Å². The smallest absolute Gasteiger partial charge is 0.335 e. The van der Waals surface area contributed by atoms with Gasteiger partial charge in [0.25, 0.3) is 5.91 Å². The topological polar surface area (TPSA) is 86.3 Å². The number of carboxylic acid groups (broad SMARTS) is 1. The van der Waals surface area contributed by atoms with E-state index in [1.54, 1.807) is 18.5 Å². The molecule has 1 fully saturated rings. The average Bonchev–Trinajstić information content (AvgIpc) is 3.30. The second kappa shape index (κ2) is 5.94. The van der Waals surface area contributed by atoms with Crippen molar-refractivity contribution in [2.24, 2.45) is 0 Å². The number of aromatic amines is 1. The van der Waals surface area contributed by atoms with Crippen molar-refractivity contribution in [3.8, 4) is 0 Å². The highest BCUT2D eigenvalue weighted by Gasteiger charge is 2.41. The molecule has 1 aliphatic heterocycles. The minimum atomic E-state index is -0.909. The number of aromatic carboxylic acids is 1. The Hall–Kier alpha value is -3.15. The van der Waals surface area contributed by atoms with Gasteiger partial charge in [-0.1, -0.05) is 6.07 Å². The highest BCUT2D eigenvalue weighted by atomic mass is 16.4. The number of rotatable bonds is 2. The number of aromatic nitrogens is 2. The van der Waals surface area contributed by atoms with Gasteiger partial charge in [0.1, 0.15) is 0 Å². The van der Waals surface area contributed by atoms with E-state index in [-0.39, 0.29) is 17.9 Å². The van der Waals surface area contributed by atoms with Crippen molar-refractivity contribution in [2.45, 2.75) is 31.2 Å². The van der Waals surface area contributed by atoms with Gasteiger partial charge in [-0.15, -0.1) is 0 Å². The lowest BCUT2D eigenvalue weighted by Gasteiger charge is -2.38. The minimum absolute atomic E-state index is 0.0347. The Balaban J connectivity index is 1.47. The number of piperidine rings is 1. The van der Waals surface area contributed by atoms with Gasteiger partial charge in [-0.2, -0.15) is 0 Å². The van der Waals surface area contributed by atoms with Gasteiger partial charge < -0.3 is 15.0 Å². The van der Waals surface area contributed by atoms with Gasteiger partial charge in [0.2, 0.25) is 0 Å². The van der Waals surface area contributed by atoms with Gasteiger partial charge in [0.05, 0.1) is 22.9 Å². The molecule has 136 valence electrons. The van der Waals surface area contributed by atoms with Crippen LogP contribution >= 0.6 is 0 Å². The molecule has 1 unspecified atom stereocenters. The molecule has 2 aromatic carbocycles. The first-order valence-electron chi connectivity index (χ1n) is 9.22. The average molecular weight is 361 g/mol. The first kappa shape index (κ1) is 16.1. The molecule has 0 saturated carbocycles. The number of benzene rings is 2. The molecule has 1 aromatic heterocycles. The summed E-state index contributed by atoms with van der Waals surface area (Å²) in [5.74, 6) is -0.586. The molecule has 2 atom stereocenters. The van der Waals surface area contributed by atoms with Crippen molar-refractivity contribution in [3.05, 3.63) is 65.0 Å². The zero-order chi connectivity index (χ0) is 18.5. The summed E-state index contributed by atoms with van der Waals surface area (Å²) >= 11 is 0. The van der Waals surface area contributed by atoms with Gasteiger partial charge in [-0.25, -0.2) is 9.78 Å². The number of amides is 1. The largest absolute Gasteiger partial charge is 0.478 e. The van der Waals surface area contributed by atoms with Gasteiger partial charge in [0.15, 0.2) is 0 Å². The fourth-order valence-electron chi connectivity index (χ4n) is 4.66. The summed E-state index contributed by atoms with van der Waals surface area (Å²) in [5, 5.41) is 9.26. The quantitative estimate of drug-likeness (QED) is 0.734. The summed E-state index contributed by atoms with van der Waals surface area (Å²) in [6, 6.07) is 11.0. The van der Waals surface area contributed by atoms with Gasteiger partial charge in [0, 0.05) is 24.1 Å². The monoisotopic (exact) mass is 361 g/mol. The van der Waals surface area contributed by atoms with E-state index >= 15 is 0 Å². The third-order valence-corrected chi connectivity index (χ3v) is 5.93. The van der Waals surface area contributed by atoms with Gasteiger partial charge in [-0.3, -0.25) is 4.79 Å². The van der Waals surface area contributed by atoms with Crippen LogP contribution in [-0.4, -0.2) is 44.4 Å². The molecule has 2 N–H and O–H groups in total. The van der Waals surface area contributed by atoms with Crippen LogP contribution in [0, 0.1) is 0 Å². The lowest BCUT2D eigenvalue weighted by Crippen LogP contribution is -2.46. The van der Waals surface area contributed by atoms with Crippen LogP contribution < -0.4 is 0 Å².